The summed E-state index contributed by atoms with van der Waals surface area (Å²) in [6, 6.07) is 8.54. The predicted octanol–water partition coefficient (Wildman–Crippen LogP) is 2.10. The molecule has 0 saturated carbocycles. The lowest BCUT2D eigenvalue weighted by Crippen LogP contribution is -2.14. The van der Waals surface area contributed by atoms with Crippen LogP contribution in [0.5, 0.6) is 5.75 Å². The van der Waals surface area contributed by atoms with Crippen molar-refractivity contribution in [3.63, 3.8) is 0 Å². The molecule has 2 aromatic rings. The second-order valence-electron chi connectivity index (χ2n) is 3.84. The summed E-state index contributed by atoms with van der Waals surface area (Å²) in [5, 5.41) is 0. The maximum Gasteiger partial charge on any atom is 0.252 e. The van der Waals surface area contributed by atoms with Crippen molar-refractivity contribution in [1.82, 2.24) is 4.98 Å². The fourth-order valence-corrected chi connectivity index (χ4v) is 1.78. The van der Waals surface area contributed by atoms with E-state index < -0.39 is 5.91 Å². The number of amides is 1. The fraction of sp³-hybridized carbons (Fsp3) is 0.0769. The van der Waals surface area contributed by atoms with Gasteiger partial charge in [0.15, 0.2) is 5.75 Å². The van der Waals surface area contributed by atoms with Gasteiger partial charge < -0.3 is 16.2 Å². The molecule has 0 atom stereocenters. The zero-order valence-electron chi connectivity index (χ0n) is 9.97. The van der Waals surface area contributed by atoms with Gasteiger partial charge in [0.2, 0.25) is 0 Å². The quantitative estimate of drug-likeness (QED) is 0.843. The van der Waals surface area contributed by atoms with E-state index in [-0.39, 0.29) is 12.2 Å². The lowest BCUT2D eigenvalue weighted by Gasteiger charge is -2.11. The maximum absolute atomic E-state index is 11.3. The third-order valence-electron chi connectivity index (χ3n) is 2.46. The van der Waals surface area contributed by atoms with Crippen molar-refractivity contribution in [2.24, 2.45) is 5.73 Å². The van der Waals surface area contributed by atoms with Crippen LogP contribution in [0.4, 0.5) is 5.69 Å². The van der Waals surface area contributed by atoms with Gasteiger partial charge in [-0.3, -0.25) is 9.78 Å². The van der Waals surface area contributed by atoms with Crippen LogP contribution in [-0.4, -0.2) is 10.9 Å². The highest BCUT2D eigenvalue weighted by atomic mass is 79.9. The number of anilines is 1. The van der Waals surface area contributed by atoms with Crippen molar-refractivity contribution >= 4 is 27.5 Å². The van der Waals surface area contributed by atoms with Crippen molar-refractivity contribution in [3.8, 4) is 5.75 Å². The molecule has 0 radical (unpaired) electrons. The number of nitrogens with zero attached hydrogens (tertiary/aromatic N) is 1. The second-order valence-corrected chi connectivity index (χ2v) is 4.76. The highest BCUT2D eigenvalue weighted by Crippen LogP contribution is 2.26. The molecule has 2 rings (SSSR count). The molecule has 0 fully saturated rings. The van der Waals surface area contributed by atoms with Crippen molar-refractivity contribution in [1.29, 1.82) is 0 Å². The number of halogens is 1. The molecule has 0 spiro atoms. The minimum atomic E-state index is -0.578. The van der Waals surface area contributed by atoms with Gasteiger partial charge in [0.05, 0.1) is 16.9 Å². The number of pyridine rings is 1. The maximum atomic E-state index is 11.3. The molecule has 19 heavy (non-hydrogen) atoms. The van der Waals surface area contributed by atoms with E-state index >= 15 is 0 Å². The number of hydrogen-bond acceptors (Lipinski definition) is 4. The zero-order valence-corrected chi connectivity index (χ0v) is 11.6. The number of nitrogen functional groups attached to an aromatic ring is 1. The van der Waals surface area contributed by atoms with E-state index in [0.717, 1.165) is 10.2 Å². The van der Waals surface area contributed by atoms with Gasteiger partial charge in [0, 0.05) is 10.7 Å². The lowest BCUT2D eigenvalue weighted by molar-refractivity contribution is 0.0996. The number of benzene rings is 1. The monoisotopic (exact) mass is 321 g/mol. The van der Waals surface area contributed by atoms with Crippen molar-refractivity contribution in [2.75, 3.05) is 5.73 Å². The molecular weight excluding hydrogens is 310 g/mol. The first-order valence-electron chi connectivity index (χ1n) is 5.49. The fourth-order valence-electron chi connectivity index (χ4n) is 1.55. The molecule has 1 amide bonds. The van der Waals surface area contributed by atoms with Gasteiger partial charge in [-0.2, -0.15) is 0 Å². The second kappa shape index (κ2) is 5.71. The highest BCUT2D eigenvalue weighted by Gasteiger charge is 2.12. The Labute approximate surface area is 118 Å². The molecule has 0 bridgehead atoms. The summed E-state index contributed by atoms with van der Waals surface area (Å²) in [5.74, 6) is -0.286. The van der Waals surface area contributed by atoms with Gasteiger partial charge >= 0.3 is 0 Å². The summed E-state index contributed by atoms with van der Waals surface area (Å²) >= 11 is 3.30. The van der Waals surface area contributed by atoms with E-state index in [4.69, 9.17) is 16.2 Å². The van der Waals surface area contributed by atoms with Crippen LogP contribution in [0.25, 0.3) is 0 Å². The summed E-state index contributed by atoms with van der Waals surface area (Å²) in [5.41, 5.74) is 12.4. The number of hydrogen-bond donors (Lipinski definition) is 2. The van der Waals surface area contributed by atoms with Gasteiger partial charge in [0.1, 0.15) is 6.61 Å². The zero-order chi connectivity index (χ0) is 13.8. The predicted molar refractivity (Wildman–Crippen MR) is 75.6 cm³/mol. The van der Waals surface area contributed by atoms with Crippen molar-refractivity contribution < 1.29 is 9.53 Å². The van der Waals surface area contributed by atoms with Crippen LogP contribution in [0.1, 0.15) is 16.1 Å². The van der Waals surface area contributed by atoms with Crippen LogP contribution in [0.3, 0.4) is 0 Å². The highest BCUT2D eigenvalue weighted by molar-refractivity contribution is 9.10. The molecular formula is C13H12BrN3O2. The van der Waals surface area contributed by atoms with Gasteiger partial charge in [-0.1, -0.05) is 6.07 Å². The van der Waals surface area contributed by atoms with Gasteiger partial charge in [-0.15, -0.1) is 0 Å². The number of aromatic nitrogens is 1. The third-order valence-corrected chi connectivity index (χ3v) is 2.93. The Kier molecular flexibility index (Phi) is 4.01. The Morgan fingerprint density at radius 3 is 2.74 bits per heavy atom. The van der Waals surface area contributed by atoms with Crippen LogP contribution in [0.2, 0.25) is 0 Å². The molecule has 6 heteroatoms. The van der Waals surface area contributed by atoms with E-state index in [2.05, 4.69) is 20.9 Å². The molecule has 0 aliphatic carbocycles. The molecule has 0 aliphatic heterocycles. The SMILES string of the molecule is NC(=O)c1cccc(N)c1OCc1ccc(Br)cn1. The topological polar surface area (TPSA) is 91.2 Å². The van der Waals surface area contributed by atoms with Crippen LogP contribution in [-0.2, 0) is 6.61 Å². The number of para-hydroxylation sites is 1. The molecule has 1 heterocycles. The van der Waals surface area contributed by atoms with E-state index in [9.17, 15) is 4.79 Å². The van der Waals surface area contributed by atoms with Gasteiger partial charge in [0.25, 0.3) is 5.91 Å². The molecule has 1 aromatic carbocycles. The normalized spacial score (nSPS) is 10.2. The summed E-state index contributed by atoms with van der Waals surface area (Å²) < 4.78 is 6.43. The van der Waals surface area contributed by atoms with E-state index in [1.807, 2.05) is 12.1 Å². The first-order chi connectivity index (χ1) is 9.08. The first-order valence-corrected chi connectivity index (χ1v) is 6.28. The summed E-state index contributed by atoms with van der Waals surface area (Å²) in [6.45, 7) is 0.210. The number of ether oxygens (including phenoxy) is 1. The molecule has 5 nitrogen and oxygen atoms in total. The molecule has 98 valence electrons. The Morgan fingerprint density at radius 2 is 2.11 bits per heavy atom. The number of rotatable bonds is 4. The largest absolute Gasteiger partial charge is 0.484 e. The Balaban J connectivity index is 2.19. The molecule has 0 saturated heterocycles. The van der Waals surface area contributed by atoms with Crippen molar-refractivity contribution in [2.45, 2.75) is 6.61 Å². The lowest BCUT2D eigenvalue weighted by atomic mass is 10.1. The Morgan fingerprint density at radius 1 is 1.32 bits per heavy atom. The Bertz CT molecular complexity index is 599. The minimum absolute atomic E-state index is 0.210. The first kappa shape index (κ1) is 13.4. The smallest absolute Gasteiger partial charge is 0.252 e. The standard InChI is InChI=1S/C13H12BrN3O2/c14-8-4-5-9(17-6-8)7-19-12-10(13(16)18)2-1-3-11(12)15/h1-6H,7,15H2,(H2,16,18). The van der Waals surface area contributed by atoms with Crippen LogP contribution in [0, 0.1) is 0 Å². The molecule has 1 aromatic heterocycles. The number of carbonyl (C=O) groups excluding carboxylic acids is 1. The number of primary amides is 1. The van der Waals surface area contributed by atoms with Crippen LogP contribution in [0.15, 0.2) is 41.0 Å². The van der Waals surface area contributed by atoms with E-state index in [1.165, 1.54) is 0 Å². The summed E-state index contributed by atoms with van der Waals surface area (Å²) in [7, 11) is 0. The minimum Gasteiger partial charge on any atom is -0.484 e. The van der Waals surface area contributed by atoms with E-state index in [0.29, 0.717) is 11.4 Å². The Hall–Kier alpha value is -2.08. The average molecular weight is 322 g/mol. The summed E-state index contributed by atoms with van der Waals surface area (Å²) in [4.78, 5) is 15.5. The summed E-state index contributed by atoms with van der Waals surface area (Å²) in [6.07, 6.45) is 1.67. The average Bonchev–Trinajstić information content (AvgIpc) is 2.39. The van der Waals surface area contributed by atoms with Crippen LogP contribution >= 0.6 is 15.9 Å². The molecule has 0 unspecified atom stereocenters. The number of nitrogens with two attached hydrogens (primary N) is 2. The third kappa shape index (κ3) is 3.23. The van der Waals surface area contributed by atoms with Crippen molar-refractivity contribution in [3.05, 3.63) is 52.3 Å². The molecule has 0 aliphatic rings. The van der Waals surface area contributed by atoms with Gasteiger partial charge in [-0.25, -0.2) is 0 Å². The molecule has 4 N–H and O–H groups in total. The van der Waals surface area contributed by atoms with E-state index in [1.54, 1.807) is 24.4 Å². The van der Waals surface area contributed by atoms with Gasteiger partial charge in [-0.05, 0) is 40.2 Å². The number of carbonyl (C=O) groups is 1. The van der Waals surface area contributed by atoms with Crippen LogP contribution < -0.4 is 16.2 Å².